The lowest BCUT2D eigenvalue weighted by Gasteiger charge is -2.08. The van der Waals surface area contributed by atoms with Gasteiger partial charge in [0.1, 0.15) is 0 Å². The zero-order chi connectivity index (χ0) is 13.8. The van der Waals surface area contributed by atoms with Crippen LogP contribution in [0, 0.1) is 0 Å². The van der Waals surface area contributed by atoms with Crippen LogP contribution in [0.2, 0.25) is 5.02 Å². The highest BCUT2D eigenvalue weighted by atomic mass is 35.5. The van der Waals surface area contributed by atoms with Gasteiger partial charge in [0.15, 0.2) is 0 Å². The third-order valence-corrected chi connectivity index (χ3v) is 3.00. The Morgan fingerprint density at radius 3 is 2.53 bits per heavy atom. The van der Waals surface area contributed by atoms with Crippen LogP contribution in [-0.2, 0) is 13.6 Å². The van der Waals surface area contributed by atoms with Gasteiger partial charge in [0.2, 0.25) is 0 Å². The van der Waals surface area contributed by atoms with E-state index in [1.807, 2.05) is 12.1 Å². The minimum absolute atomic E-state index is 0.291. The fourth-order valence-electron chi connectivity index (χ4n) is 1.70. The van der Waals surface area contributed by atoms with E-state index in [-0.39, 0.29) is 11.2 Å². The SMILES string of the molecule is Cn1ccc(=O)n(CCNc2ccc(Cl)cc2)c1=O. The van der Waals surface area contributed by atoms with E-state index in [0.717, 1.165) is 5.69 Å². The molecule has 0 fully saturated rings. The Balaban J connectivity index is 2.04. The number of aryl methyl sites for hydroxylation is 1. The lowest BCUT2D eigenvalue weighted by atomic mass is 10.3. The van der Waals surface area contributed by atoms with Crippen LogP contribution in [-0.4, -0.2) is 15.7 Å². The van der Waals surface area contributed by atoms with Crippen LogP contribution in [0.3, 0.4) is 0 Å². The van der Waals surface area contributed by atoms with Gasteiger partial charge in [-0.3, -0.25) is 9.36 Å². The Morgan fingerprint density at radius 2 is 1.84 bits per heavy atom. The van der Waals surface area contributed by atoms with Gasteiger partial charge < -0.3 is 9.88 Å². The fourth-order valence-corrected chi connectivity index (χ4v) is 1.83. The molecule has 100 valence electrons. The molecule has 0 spiro atoms. The Hall–Kier alpha value is -2.01. The molecule has 0 aliphatic rings. The minimum Gasteiger partial charge on any atom is -0.383 e. The summed E-state index contributed by atoms with van der Waals surface area (Å²) >= 11 is 5.78. The number of hydrogen-bond donors (Lipinski definition) is 1. The quantitative estimate of drug-likeness (QED) is 0.918. The molecule has 0 aliphatic carbocycles. The molecule has 2 aromatic rings. The largest absolute Gasteiger partial charge is 0.383 e. The van der Waals surface area contributed by atoms with Gasteiger partial charge in [-0.2, -0.15) is 0 Å². The lowest BCUT2D eigenvalue weighted by molar-refractivity contribution is 0.607. The van der Waals surface area contributed by atoms with Gasteiger partial charge in [-0.15, -0.1) is 0 Å². The van der Waals surface area contributed by atoms with E-state index in [2.05, 4.69) is 5.32 Å². The number of benzene rings is 1. The van der Waals surface area contributed by atoms with Crippen molar-refractivity contribution in [2.24, 2.45) is 7.05 Å². The maximum atomic E-state index is 11.8. The van der Waals surface area contributed by atoms with Crippen molar-refractivity contribution in [2.45, 2.75) is 6.54 Å². The monoisotopic (exact) mass is 279 g/mol. The second-order valence-corrected chi connectivity index (χ2v) is 4.57. The Kier molecular flexibility index (Phi) is 4.06. The van der Waals surface area contributed by atoms with Gasteiger partial charge in [-0.25, -0.2) is 4.79 Å². The summed E-state index contributed by atoms with van der Waals surface area (Å²) in [6.07, 6.45) is 1.47. The molecule has 1 aromatic heterocycles. The number of halogens is 1. The van der Waals surface area contributed by atoms with Crippen molar-refractivity contribution in [2.75, 3.05) is 11.9 Å². The summed E-state index contributed by atoms with van der Waals surface area (Å²) in [5.74, 6) is 0. The van der Waals surface area contributed by atoms with Crippen molar-refractivity contribution in [1.82, 2.24) is 9.13 Å². The topological polar surface area (TPSA) is 56.0 Å². The second-order valence-electron chi connectivity index (χ2n) is 4.13. The van der Waals surface area contributed by atoms with Gasteiger partial charge in [0.05, 0.1) is 0 Å². The van der Waals surface area contributed by atoms with Crippen molar-refractivity contribution in [3.05, 3.63) is 62.4 Å². The standard InChI is InChI=1S/C13H14ClN3O2/c1-16-8-6-12(18)17(13(16)19)9-7-15-11-4-2-10(14)3-5-11/h2-6,8,15H,7,9H2,1H3. The Labute approximate surface area is 115 Å². The molecule has 1 N–H and O–H groups in total. The van der Waals surface area contributed by atoms with Gasteiger partial charge in [-0.1, -0.05) is 11.6 Å². The molecular formula is C13H14ClN3O2. The van der Waals surface area contributed by atoms with E-state index in [4.69, 9.17) is 11.6 Å². The highest BCUT2D eigenvalue weighted by Gasteiger charge is 2.02. The maximum absolute atomic E-state index is 11.8. The summed E-state index contributed by atoms with van der Waals surface area (Å²) in [7, 11) is 1.62. The normalized spacial score (nSPS) is 10.4. The van der Waals surface area contributed by atoms with Crippen LogP contribution in [0.1, 0.15) is 0 Å². The van der Waals surface area contributed by atoms with Crippen LogP contribution in [0.5, 0.6) is 0 Å². The van der Waals surface area contributed by atoms with Crippen molar-refractivity contribution in [1.29, 1.82) is 0 Å². The highest BCUT2D eigenvalue weighted by molar-refractivity contribution is 6.30. The van der Waals surface area contributed by atoms with Crippen molar-refractivity contribution >= 4 is 17.3 Å². The number of nitrogens with one attached hydrogen (secondary N) is 1. The number of aromatic nitrogens is 2. The molecule has 1 heterocycles. The fraction of sp³-hybridized carbons (Fsp3) is 0.231. The molecule has 0 amide bonds. The Bertz CT molecular complexity index is 674. The molecule has 2 rings (SSSR count). The van der Waals surface area contributed by atoms with Crippen LogP contribution >= 0.6 is 11.6 Å². The van der Waals surface area contributed by atoms with E-state index < -0.39 is 0 Å². The lowest BCUT2D eigenvalue weighted by Crippen LogP contribution is -2.39. The van der Waals surface area contributed by atoms with Crippen molar-refractivity contribution < 1.29 is 0 Å². The summed E-state index contributed by atoms with van der Waals surface area (Å²) in [6, 6.07) is 8.61. The molecule has 0 saturated heterocycles. The first-order chi connectivity index (χ1) is 9.08. The van der Waals surface area contributed by atoms with E-state index in [1.54, 1.807) is 19.2 Å². The molecular weight excluding hydrogens is 266 g/mol. The number of hydrogen-bond acceptors (Lipinski definition) is 3. The highest BCUT2D eigenvalue weighted by Crippen LogP contribution is 2.12. The average Bonchev–Trinajstić information content (AvgIpc) is 2.40. The predicted octanol–water partition coefficient (Wildman–Crippen LogP) is 1.31. The van der Waals surface area contributed by atoms with Crippen LogP contribution in [0.25, 0.3) is 0 Å². The molecule has 0 saturated carbocycles. The molecule has 5 nitrogen and oxygen atoms in total. The van der Waals surface area contributed by atoms with Gasteiger partial charge in [0, 0.05) is 43.1 Å². The summed E-state index contributed by atoms with van der Waals surface area (Å²) in [6.45, 7) is 0.801. The van der Waals surface area contributed by atoms with Gasteiger partial charge >= 0.3 is 5.69 Å². The zero-order valence-electron chi connectivity index (χ0n) is 10.5. The first-order valence-electron chi connectivity index (χ1n) is 5.84. The van der Waals surface area contributed by atoms with Crippen LogP contribution in [0.15, 0.2) is 46.1 Å². The van der Waals surface area contributed by atoms with Crippen molar-refractivity contribution in [3.8, 4) is 0 Å². The second kappa shape index (κ2) is 5.75. The van der Waals surface area contributed by atoms with Crippen LogP contribution in [0.4, 0.5) is 5.69 Å². The molecule has 0 radical (unpaired) electrons. The predicted molar refractivity (Wildman–Crippen MR) is 75.9 cm³/mol. The average molecular weight is 280 g/mol. The molecule has 0 bridgehead atoms. The Morgan fingerprint density at radius 1 is 1.16 bits per heavy atom. The molecule has 1 aromatic carbocycles. The smallest absolute Gasteiger partial charge is 0.330 e. The molecule has 0 unspecified atom stereocenters. The first kappa shape index (κ1) is 13.4. The molecule has 0 aliphatic heterocycles. The molecule has 6 heteroatoms. The minimum atomic E-state index is -0.314. The van der Waals surface area contributed by atoms with E-state index >= 15 is 0 Å². The maximum Gasteiger partial charge on any atom is 0.330 e. The van der Waals surface area contributed by atoms with Crippen LogP contribution < -0.4 is 16.6 Å². The van der Waals surface area contributed by atoms with E-state index in [0.29, 0.717) is 18.1 Å². The van der Waals surface area contributed by atoms with E-state index in [9.17, 15) is 9.59 Å². The first-order valence-corrected chi connectivity index (χ1v) is 6.21. The van der Waals surface area contributed by atoms with Crippen molar-refractivity contribution in [3.63, 3.8) is 0 Å². The summed E-state index contributed by atoms with van der Waals surface area (Å²) in [4.78, 5) is 23.3. The third-order valence-electron chi connectivity index (χ3n) is 2.75. The van der Waals surface area contributed by atoms with Gasteiger partial charge in [-0.05, 0) is 24.3 Å². The van der Waals surface area contributed by atoms with E-state index in [1.165, 1.54) is 21.4 Å². The summed E-state index contributed by atoms with van der Waals surface area (Å²) in [5.41, 5.74) is 0.289. The zero-order valence-corrected chi connectivity index (χ0v) is 11.2. The number of nitrogens with zero attached hydrogens (tertiary/aromatic N) is 2. The number of anilines is 1. The molecule has 0 atom stereocenters. The number of rotatable bonds is 4. The molecule has 19 heavy (non-hydrogen) atoms. The summed E-state index contributed by atoms with van der Waals surface area (Å²) in [5, 5.41) is 3.79. The summed E-state index contributed by atoms with van der Waals surface area (Å²) < 4.78 is 2.58. The van der Waals surface area contributed by atoms with Gasteiger partial charge in [0.25, 0.3) is 5.56 Å². The third kappa shape index (κ3) is 3.26.